The third kappa shape index (κ3) is 28.6. The van der Waals surface area contributed by atoms with Crippen molar-refractivity contribution in [3.63, 3.8) is 0 Å². The number of rotatable bonds is 40. The molecule has 2 atom stereocenters. The Morgan fingerprint density at radius 2 is 0.914 bits per heavy atom. The Kier molecular flexibility index (Phi) is 33.6. The Balaban J connectivity index is 2.36. The van der Waals surface area contributed by atoms with E-state index in [-0.39, 0.29) is 0 Å². The van der Waals surface area contributed by atoms with Gasteiger partial charge in [0.05, 0.1) is 11.4 Å². The lowest BCUT2D eigenvalue weighted by atomic mass is 9.83. The number of benzene rings is 1. The van der Waals surface area contributed by atoms with E-state index in [0.29, 0.717) is 24.1 Å². The van der Waals surface area contributed by atoms with Gasteiger partial charge in [0.25, 0.3) is 0 Å². The molecule has 7 nitrogen and oxygen atoms in total. The lowest BCUT2D eigenvalue weighted by Crippen LogP contribution is -2.43. The Morgan fingerprint density at radius 3 is 1.36 bits per heavy atom. The van der Waals surface area contributed by atoms with Gasteiger partial charge in [0.2, 0.25) is 0 Å². The molecule has 0 saturated heterocycles. The van der Waals surface area contributed by atoms with Gasteiger partial charge in [-0.3, -0.25) is 0 Å². The number of anilines is 2. The molecule has 1 aromatic rings. The highest BCUT2D eigenvalue weighted by molar-refractivity contribution is 7.87. The zero-order valence-corrected chi connectivity index (χ0v) is 40.1. The molecule has 0 fully saturated rings. The minimum atomic E-state index is -3.94. The van der Waals surface area contributed by atoms with Crippen LogP contribution < -0.4 is 15.4 Å². The van der Waals surface area contributed by atoms with Crippen LogP contribution in [0.15, 0.2) is 24.3 Å². The monoisotopic (exact) mass is 833 g/mol. The highest BCUT2D eigenvalue weighted by Gasteiger charge is 2.22. The van der Waals surface area contributed by atoms with Gasteiger partial charge >= 0.3 is 16.2 Å². The van der Waals surface area contributed by atoms with E-state index in [9.17, 15) is 13.2 Å². The smallest absolute Gasteiger partial charge is 0.333 e. The first kappa shape index (κ1) is 54.2. The Hall–Kier alpha value is -1.80. The zero-order chi connectivity index (χ0) is 42.7. The fourth-order valence-corrected chi connectivity index (χ4v) is 9.16. The van der Waals surface area contributed by atoms with Gasteiger partial charge in [0, 0.05) is 20.1 Å². The third-order valence-corrected chi connectivity index (χ3v) is 14.1. The molecule has 0 aliphatic heterocycles. The first-order chi connectivity index (χ1) is 28.0. The first-order valence-corrected chi connectivity index (χ1v) is 26.3. The molecule has 0 aliphatic rings. The molecule has 1 aromatic carbocycles. The second-order valence-electron chi connectivity index (χ2n) is 18.5. The number of nitrogens with one attached hydrogen (secondary N) is 3. The Morgan fingerprint density at radius 1 is 0.534 bits per heavy atom. The second-order valence-corrected chi connectivity index (χ2v) is 20.3. The highest BCUT2D eigenvalue weighted by atomic mass is 32.2. The van der Waals surface area contributed by atoms with Gasteiger partial charge in [-0.2, -0.15) is 12.7 Å². The average molecular weight is 833 g/mol. The average Bonchev–Trinajstić information content (AvgIpc) is 3.18. The minimum Gasteiger partial charge on any atom is -0.383 e. The van der Waals surface area contributed by atoms with Gasteiger partial charge in [-0.25, -0.2) is 9.52 Å². The van der Waals surface area contributed by atoms with Gasteiger partial charge in [-0.1, -0.05) is 233 Å². The van der Waals surface area contributed by atoms with E-state index in [2.05, 4.69) is 56.9 Å². The Bertz CT molecular complexity index is 1210. The maximum atomic E-state index is 13.0. The van der Waals surface area contributed by atoms with Crippen LogP contribution >= 0.6 is 0 Å². The van der Waals surface area contributed by atoms with Crippen molar-refractivity contribution in [2.45, 2.75) is 234 Å². The number of carbonyl (C=O) groups is 1. The third-order valence-electron chi connectivity index (χ3n) is 12.7. The molecule has 0 aliphatic carbocycles. The molecule has 1 rings (SSSR count). The first-order valence-electron chi connectivity index (χ1n) is 24.9. The number of carbonyl (C=O) groups excluding carboxylic acids is 1. The van der Waals surface area contributed by atoms with Crippen LogP contribution in [-0.2, 0) is 10.2 Å². The van der Waals surface area contributed by atoms with E-state index < -0.39 is 16.2 Å². The van der Waals surface area contributed by atoms with E-state index in [4.69, 9.17) is 0 Å². The summed E-state index contributed by atoms with van der Waals surface area (Å²) in [5.41, 5.74) is 1.39. The maximum Gasteiger partial charge on any atom is 0.333 e. The predicted octanol–water partition coefficient (Wildman–Crippen LogP) is 15.7. The number of unbranched alkanes of at least 4 members (excludes halogenated alkanes) is 24. The van der Waals surface area contributed by atoms with E-state index in [1.807, 2.05) is 24.3 Å². The van der Waals surface area contributed by atoms with Crippen LogP contribution in [0.2, 0.25) is 0 Å². The largest absolute Gasteiger partial charge is 0.383 e. The molecule has 8 heteroatoms. The summed E-state index contributed by atoms with van der Waals surface area (Å²) in [4.78, 5) is 12.9. The SMILES string of the molecule is CCCCCCCCCCCCCCCCCCN(C)S(=O)(=O)NC(=O)Nc1ccccc1NCC(CCCC(CCCCCCCCCCCC)C(C)C)C(C)C. The summed E-state index contributed by atoms with van der Waals surface area (Å²) in [6.07, 6.45) is 39.4. The van der Waals surface area contributed by atoms with E-state index in [1.54, 1.807) is 7.05 Å². The normalized spacial score (nSPS) is 13.1. The van der Waals surface area contributed by atoms with Crippen molar-refractivity contribution in [2.24, 2.45) is 23.7 Å². The summed E-state index contributed by atoms with van der Waals surface area (Å²) >= 11 is 0. The standard InChI is InChI=1S/C50H96N4O3S/c1-8-10-12-14-16-18-20-21-22-23-24-25-27-29-31-35-42-54(7)58(56,57)53-50(55)52-49-41-34-33-40-48(49)51-43-47(45(5)6)39-36-38-46(44(3)4)37-32-30-28-26-19-17-15-13-11-9-2/h33-34,40-41,44-47,51H,8-32,35-39,42-43H2,1-7H3,(H2,52,53,55). The predicted molar refractivity (Wildman–Crippen MR) is 255 cm³/mol. The number of amides is 2. The number of nitrogens with zero attached hydrogens (tertiary/aromatic N) is 1. The molecular weight excluding hydrogens is 737 g/mol. The minimum absolute atomic E-state index is 0.396. The van der Waals surface area contributed by atoms with Gasteiger partial charge in [0.15, 0.2) is 0 Å². The van der Waals surface area contributed by atoms with Crippen molar-refractivity contribution in [2.75, 3.05) is 30.8 Å². The molecule has 0 saturated carbocycles. The number of urea groups is 1. The van der Waals surface area contributed by atoms with Crippen LogP contribution in [0.4, 0.5) is 16.2 Å². The van der Waals surface area contributed by atoms with Gasteiger partial charge in [-0.05, 0) is 48.6 Å². The number of para-hydroxylation sites is 2. The molecular formula is C50H96N4O3S. The molecule has 3 N–H and O–H groups in total. The fourth-order valence-electron chi connectivity index (χ4n) is 8.35. The summed E-state index contributed by atoms with van der Waals surface area (Å²) in [6.45, 7) is 15.2. The van der Waals surface area contributed by atoms with Crippen molar-refractivity contribution in [3.05, 3.63) is 24.3 Å². The van der Waals surface area contributed by atoms with Crippen molar-refractivity contribution in [1.82, 2.24) is 9.03 Å². The summed E-state index contributed by atoms with van der Waals surface area (Å²) in [6, 6.07) is 6.83. The van der Waals surface area contributed by atoms with E-state index in [0.717, 1.165) is 43.3 Å². The molecule has 0 spiro atoms. The summed E-state index contributed by atoms with van der Waals surface area (Å²) in [5.74, 6) is 2.55. The van der Waals surface area contributed by atoms with Crippen molar-refractivity contribution >= 4 is 27.6 Å². The van der Waals surface area contributed by atoms with Crippen LogP contribution in [-0.4, -0.2) is 38.9 Å². The molecule has 0 bridgehead atoms. The van der Waals surface area contributed by atoms with Crippen LogP contribution in [0.25, 0.3) is 0 Å². The quantitative estimate of drug-likeness (QED) is 0.0575. The molecule has 0 heterocycles. The summed E-state index contributed by atoms with van der Waals surface area (Å²) in [5, 5.41) is 6.39. The van der Waals surface area contributed by atoms with Crippen LogP contribution in [0.1, 0.15) is 234 Å². The topological polar surface area (TPSA) is 90.5 Å². The van der Waals surface area contributed by atoms with Gasteiger partial charge in [0.1, 0.15) is 0 Å². The molecule has 2 amide bonds. The number of hydrogen-bond acceptors (Lipinski definition) is 4. The highest BCUT2D eigenvalue weighted by Crippen LogP contribution is 2.29. The van der Waals surface area contributed by atoms with E-state index >= 15 is 0 Å². The van der Waals surface area contributed by atoms with E-state index in [1.165, 1.54) is 178 Å². The van der Waals surface area contributed by atoms with Crippen LogP contribution in [0.3, 0.4) is 0 Å². The Labute approximate surface area is 361 Å². The lowest BCUT2D eigenvalue weighted by molar-refractivity contribution is 0.256. The van der Waals surface area contributed by atoms with Crippen molar-refractivity contribution in [3.8, 4) is 0 Å². The van der Waals surface area contributed by atoms with Crippen LogP contribution in [0, 0.1) is 23.7 Å². The van der Waals surface area contributed by atoms with Crippen molar-refractivity contribution < 1.29 is 13.2 Å². The lowest BCUT2D eigenvalue weighted by Gasteiger charge is -2.25. The van der Waals surface area contributed by atoms with Gasteiger partial charge < -0.3 is 10.6 Å². The summed E-state index contributed by atoms with van der Waals surface area (Å²) < 4.78 is 29.4. The van der Waals surface area contributed by atoms with Crippen LogP contribution in [0.5, 0.6) is 0 Å². The fraction of sp³-hybridized carbons (Fsp3) is 0.860. The second kappa shape index (κ2) is 35.9. The van der Waals surface area contributed by atoms with Crippen molar-refractivity contribution in [1.29, 1.82) is 0 Å². The zero-order valence-electron chi connectivity index (χ0n) is 39.3. The molecule has 340 valence electrons. The molecule has 0 radical (unpaired) electrons. The molecule has 0 aromatic heterocycles. The molecule has 58 heavy (non-hydrogen) atoms. The van der Waals surface area contributed by atoms with Gasteiger partial charge in [-0.15, -0.1) is 0 Å². The molecule has 2 unspecified atom stereocenters. The number of hydrogen-bond donors (Lipinski definition) is 3. The maximum absolute atomic E-state index is 13.0. The summed E-state index contributed by atoms with van der Waals surface area (Å²) in [7, 11) is -2.39.